The van der Waals surface area contributed by atoms with Gasteiger partial charge in [0.05, 0.1) is 43.2 Å². The van der Waals surface area contributed by atoms with E-state index in [1.807, 2.05) is 26.8 Å². The molecule has 0 aromatic heterocycles. The van der Waals surface area contributed by atoms with Gasteiger partial charge in [-0.3, -0.25) is 9.59 Å². The lowest BCUT2D eigenvalue weighted by molar-refractivity contribution is -0.355. The zero-order valence-electron chi connectivity index (χ0n) is 29.2. The van der Waals surface area contributed by atoms with E-state index in [1.54, 1.807) is 13.8 Å². The summed E-state index contributed by atoms with van der Waals surface area (Å²) in [6.07, 6.45) is -0.695. The molecule has 0 aromatic carbocycles. The van der Waals surface area contributed by atoms with Gasteiger partial charge in [0.2, 0.25) is 0 Å². The molecule has 14 atom stereocenters. The Morgan fingerprint density at radius 1 is 0.938 bits per heavy atom. The predicted molar refractivity (Wildman–Crippen MR) is 171 cm³/mol. The number of rotatable bonds is 2. The van der Waals surface area contributed by atoms with Crippen LogP contribution >= 0.6 is 0 Å². The molecule has 14 unspecified atom stereocenters. The van der Waals surface area contributed by atoms with Gasteiger partial charge in [0.25, 0.3) is 0 Å². The first-order chi connectivity index (χ1) is 22.4. The summed E-state index contributed by atoms with van der Waals surface area (Å²) in [7, 11) is 1.23. The van der Waals surface area contributed by atoms with E-state index in [2.05, 4.69) is 0 Å². The molecule has 12 nitrogen and oxygen atoms in total. The van der Waals surface area contributed by atoms with Crippen molar-refractivity contribution in [3.8, 4) is 0 Å². The zero-order valence-corrected chi connectivity index (χ0v) is 29.2. The second-order valence-electron chi connectivity index (χ2n) is 15.4. The molecule has 4 aliphatic heterocycles. The average molecular weight is 679 g/mol. The van der Waals surface area contributed by atoms with Gasteiger partial charge in [0, 0.05) is 43.1 Å². The fourth-order valence-electron chi connectivity index (χ4n) is 8.60. The quantitative estimate of drug-likeness (QED) is 0.191. The molecule has 0 spiro atoms. The number of hydrogen-bond donors (Lipinski definition) is 4. The van der Waals surface area contributed by atoms with Gasteiger partial charge in [0.1, 0.15) is 23.7 Å². The second kappa shape index (κ2) is 13.8. The van der Waals surface area contributed by atoms with E-state index in [-0.39, 0.29) is 50.2 Å². The number of Topliss-reactive ketones (excluding diaryl/α,β-unsaturated/α-hetero) is 1. The summed E-state index contributed by atoms with van der Waals surface area (Å²) in [6.45, 7) is 10.8. The highest BCUT2D eigenvalue weighted by Gasteiger charge is 2.65. The Labute approximate surface area is 282 Å². The number of fused-ring (bicyclic) bond motifs is 8. The van der Waals surface area contributed by atoms with Crippen molar-refractivity contribution in [2.24, 2.45) is 29.6 Å². The van der Waals surface area contributed by atoms with Crippen molar-refractivity contribution in [3.05, 3.63) is 23.3 Å². The fourth-order valence-corrected chi connectivity index (χ4v) is 8.60. The molecule has 4 heterocycles. The van der Waals surface area contributed by atoms with Gasteiger partial charge < -0.3 is 44.1 Å². The molecular weight excluding hydrogens is 624 g/mol. The maximum absolute atomic E-state index is 13.8. The highest BCUT2D eigenvalue weighted by atomic mass is 16.6. The number of ether oxygens (including phenoxy) is 5. The third kappa shape index (κ3) is 7.04. The molecule has 5 aliphatic rings. The molecule has 4 N–H and O–H groups in total. The third-order valence-electron chi connectivity index (χ3n) is 11.7. The van der Waals surface area contributed by atoms with E-state index in [0.29, 0.717) is 18.4 Å². The van der Waals surface area contributed by atoms with Crippen LogP contribution in [0.1, 0.15) is 92.9 Å². The number of aliphatic hydroxyl groups is 4. The van der Waals surface area contributed by atoms with Crippen LogP contribution < -0.4 is 0 Å². The largest absolute Gasteiger partial charge is 0.466 e. The molecule has 12 heteroatoms. The Morgan fingerprint density at radius 3 is 2.29 bits per heavy atom. The molecule has 0 aromatic rings. The van der Waals surface area contributed by atoms with Gasteiger partial charge in [-0.05, 0) is 52.9 Å². The molecular formula is C36H54O12. The standard InChI is InChI=1S/C36H54O12/c1-18(2)12-24-15-27-20(4)29(45-24)17-36(43)32-31(39)19(3)10-11-34(32,41)21(5)26(47-36)9-8-25(37)28-13-23(14-30(38)44-7)16-35(42,48-28)22(6)33(40)46-27/h12,14,19-22,24-29,32,37,41-43H,8-11,13,15-17H2,1-7H3/b23-14+. The minimum absolute atomic E-state index is 0.0717. The van der Waals surface area contributed by atoms with Crippen LogP contribution in [0.5, 0.6) is 0 Å². The lowest BCUT2D eigenvalue weighted by atomic mass is 9.58. The summed E-state index contributed by atoms with van der Waals surface area (Å²) in [5.74, 6) is -9.72. The molecule has 1 aliphatic carbocycles. The van der Waals surface area contributed by atoms with Crippen LogP contribution in [0, 0.1) is 29.6 Å². The summed E-state index contributed by atoms with van der Waals surface area (Å²) >= 11 is 0. The molecule has 270 valence electrons. The van der Waals surface area contributed by atoms with Crippen LogP contribution in [0.2, 0.25) is 0 Å². The highest BCUT2D eigenvalue weighted by molar-refractivity contribution is 5.86. The van der Waals surface area contributed by atoms with E-state index in [9.17, 15) is 34.8 Å². The van der Waals surface area contributed by atoms with Gasteiger partial charge in [-0.25, -0.2) is 4.79 Å². The molecule has 5 fully saturated rings. The second-order valence-corrected chi connectivity index (χ2v) is 15.4. The van der Waals surface area contributed by atoms with E-state index in [0.717, 1.165) is 5.57 Å². The van der Waals surface area contributed by atoms with Crippen molar-refractivity contribution in [1.82, 2.24) is 0 Å². The maximum Gasteiger partial charge on any atom is 0.330 e. The monoisotopic (exact) mass is 678 g/mol. The van der Waals surface area contributed by atoms with Crippen molar-refractivity contribution < 1.29 is 58.5 Å². The number of aliphatic hydroxyl groups excluding tert-OH is 1. The summed E-state index contributed by atoms with van der Waals surface area (Å²) < 4.78 is 30.0. The van der Waals surface area contributed by atoms with E-state index >= 15 is 0 Å². The molecule has 48 heavy (non-hydrogen) atoms. The van der Waals surface area contributed by atoms with E-state index < -0.39 is 89.4 Å². The summed E-state index contributed by atoms with van der Waals surface area (Å²) in [4.78, 5) is 39.8. The zero-order chi connectivity index (χ0) is 35.3. The first-order valence-electron chi connectivity index (χ1n) is 17.4. The van der Waals surface area contributed by atoms with Crippen molar-refractivity contribution in [2.75, 3.05) is 7.11 Å². The van der Waals surface area contributed by atoms with Crippen LogP contribution in [0.25, 0.3) is 0 Å². The summed E-state index contributed by atoms with van der Waals surface area (Å²) in [5, 5.41) is 48.0. The molecule has 5 rings (SSSR count). The molecule has 6 bridgehead atoms. The van der Waals surface area contributed by atoms with Crippen molar-refractivity contribution in [2.45, 2.75) is 147 Å². The number of esters is 2. The smallest absolute Gasteiger partial charge is 0.330 e. The molecule has 0 radical (unpaired) electrons. The topological polar surface area (TPSA) is 178 Å². The number of allylic oxidation sites excluding steroid dienone is 1. The first-order valence-corrected chi connectivity index (χ1v) is 17.4. The van der Waals surface area contributed by atoms with Crippen LogP contribution in [0.4, 0.5) is 0 Å². The van der Waals surface area contributed by atoms with Gasteiger partial charge in [-0.2, -0.15) is 0 Å². The van der Waals surface area contributed by atoms with Gasteiger partial charge >= 0.3 is 11.9 Å². The number of carbonyl (C=O) groups is 3. The number of ketones is 1. The van der Waals surface area contributed by atoms with Crippen molar-refractivity contribution in [3.63, 3.8) is 0 Å². The molecule has 1 saturated carbocycles. The Hall–Kier alpha value is -2.19. The van der Waals surface area contributed by atoms with Gasteiger partial charge in [0.15, 0.2) is 11.6 Å². The fraction of sp³-hybridized carbons (Fsp3) is 0.806. The minimum atomic E-state index is -2.11. The van der Waals surface area contributed by atoms with Crippen LogP contribution in [0.15, 0.2) is 23.3 Å². The Bertz CT molecular complexity index is 1310. The lowest BCUT2D eigenvalue weighted by Crippen LogP contribution is -2.70. The first kappa shape index (κ1) is 37.1. The summed E-state index contributed by atoms with van der Waals surface area (Å²) in [5.41, 5.74) is -0.165. The molecule has 4 saturated heterocycles. The van der Waals surface area contributed by atoms with Gasteiger partial charge in [-0.1, -0.05) is 38.0 Å². The SMILES string of the molecule is COC(=O)/C=C1\CC2OC(O)(C1)C(C)C(=O)OC1CC(C=C(C)C)OC(CC3(O)OC(CCC2O)C(C)C2(O)CCC(C)C(=O)C32)C1C. The normalized spacial score (nSPS) is 47.8. The number of hydrogen-bond acceptors (Lipinski definition) is 12. The van der Waals surface area contributed by atoms with Gasteiger partial charge in [-0.15, -0.1) is 0 Å². The highest BCUT2D eigenvalue weighted by Crippen LogP contribution is 2.54. The average Bonchev–Trinajstić information content (AvgIpc) is 3.01. The van der Waals surface area contributed by atoms with Crippen molar-refractivity contribution in [1.29, 1.82) is 0 Å². The van der Waals surface area contributed by atoms with Crippen LogP contribution in [-0.2, 0) is 38.1 Å². The minimum Gasteiger partial charge on any atom is -0.466 e. The van der Waals surface area contributed by atoms with Crippen LogP contribution in [0.3, 0.4) is 0 Å². The predicted octanol–water partition coefficient (Wildman–Crippen LogP) is 2.88. The van der Waals surface area contributed by atoms with Crippen molar-refractivity contribution >= 4 is 17.7 Å². The van der Waals surface area contributed by atoms with Crippen LogP contribution in [-0.4, -0.2) is 99.1 Å². The molecule has 0 amide bonds. The third-order valence-corrected chi connectivity index (χ3v) is 11.7. The Balaban J connectivity index is 1.59. The lowest BCUT2D eigenvalue weighted by Gasteiger charge is -2.58. The summed E-state index contributed by atoms with van der Waals surface area (Å²) in [6, 6.07) is 0. The number of methoxy groups -OCH3 is 1. The number of carbonyl (C=O) groups excluding carboxylic acids is 3. The Kier molecular flexibility index (Phi) is 10.7. The van der Waals surface area contributed by atoms with E-state index in [1.165, 1.54) is 20.1 Å². The maximum atomic E-state index is 13.8. The van der Waals surface area contributed by atoms with E-state index in [4.69, 9.17) is 23.7 Å². The Morgan fingerprint density at radius 2 is 1.62 bits per heavy atom.